The fourth-order valence-corrected chi connectivity index (χ4v) is 2.38. The molecule has 1 atom stereocenters. The Morgan fingerprint density at radius 3 is 2.89 bits per heavy atom. The fourth-order valence-electron chi connectivity index (χ4n) is 2.20. The maximum Gasteiger partial charge on any atom is 0.231 e. The van der Waals surface area contributed by atoms with E-state index in [1.54, 1.807) is 6.07 Å². The van der Waals surface area contributed by atoms with Crippen LogP contribution in [0.2, 0.25) is 5.02 Å². The molecule has 0 aliphatic carbocycles. The van der Waals surface area contributed by atoms with E-state index in [1.807, 2.05) is 26.0 Å². The molecule has 1 heterocycles. The summed E-state index contributed by atoms with van der Waals surface area (Å²) in [5, 5.41) is 6.91. The molecule has 1 aliphatic rings. The number of rotatable bonds is 2. The summed E-state index contributed by atoms with van der Waals surface area (Å²) in [4.78, 5) is 12.3. The largest absolute Gasteiger partial charge is 0.326 e. The number of nitrogens with one attached hydrogen (secondary N) is 2. The first kappa shape index (κ1) is 13.4. The van der Waals surface area contributed by atoms with E-state index in [2.05, 4.69) is 10.6 Å². The fraction of sp³-hybridized carbons (Fsp3) is 0.500. The van der Waals surface area contributed by atoms with Gasteiger partial charge in [-0.1, -0.05) is 17.7 Å². The topological polar surface area (TPSA) is 41.1 Å². The number of amides is 1. The molecule has 0 radical (unpaired) electrons. The van der Waals surface area contributed by atoms with Crippen molar-refractivity contribution < 1.29 is 4.79 Å². The maximum absolute atomic E-state index is 12.3. The Morgan fingerprint density at radius 2 is 2.28 bits per heavy atom. The highest BCUT2D eigenvalue weighted by Crippen LogP contribution is 2.28. The Hall–Kier alpha value is -1.06. The quantitative estimate of drug-likeness (QED) is 0.864. The molecule has 1 aromatic rings. The van der Waals surface area contributed by atoms with E-state index in [0.29, 0.717) is 5.02 Å². The number of hydrogen-bond acceptors (Lipinski definition) is 2. The van der Waals surface area contributed by atoms with Gasteiger partial charge in [0, 0.05) is 17.3 Å². The van der Waals surface area contributed by atoms with Crippen LogP contribution in [0.4, 0.5) is 5.69 Å². The Balaban J connectivity index is 2.08. The molecular formula is C14H19ClN2O. The van der Waals surface area contributed by atoms with Crippen LogP contribution in [0.25, 0.3) is 0 Å². The van der Waals surface area contributed by atoms with Gasteiger partial charge in [-0.15, -0.1) is 0 Å². The molecule has 1 amide bonds. The second kappa shape index (κ2) is 5.29. The number of benzene rings is 1. The van der Waals surface area contributed by atoms with Crippen LogP contribution in [-0.2, 0) is 4.79 Å². The number of hydrogen-bond donors (Lipinski definition) is 2. The van der Waals surface area contributed by atoms with Gasteiger partial charge in [0.2, 0.25) is 5.91 Å². The number of carbonyl (C=O) groups excluding carboxylic acids is 1. The lowest BCUT2D eigenvalue weighted by Crippen LogP contribution is -2.46. The Bertz CT molecular complexity index is 453. The zero-order valence-electron chi connectivity index (χ0n) is 10.8. The van der Waals surface area contributed by atoms with Gasteiger partial charge in [-0.2, -0.15) is 0 Å². The van der Waals surface area contributed by atoms with Gasteiger partial charge in [0.1, 0.15) is 0 Å². The van der Waals surface area contributed by atoms with Crippen molar-refractivity contribution in [2.75, 3.05) is 18.4 Å². The zero-order chi connectivity index (χ0) is 13.2. The van der Waals surface area contributed by atoms with E-state index in [9.17, 15) is 4.79 Å². The molecule has 1 saturated heterocycles. The summed E-state index contributed by atoms with van der Waals surface area (Å²) < 4.78 is 0. The van der Waals surface area contributed by atoms with Crippen LogP contribution in [0.1, 0.15) is 25.3 Å². The highest BCUT2D eigenvalue weighted by molar-refractivity contribution is 6.31. The second-order valence-electron chi connectivity index (χ2n) is 5.26. The standard InChI is InChI=1S/C14H19ClN2O/c1-10-4-5-11(8-12(10)15)17-13(18)14(2)6-3-7-16-9-14/h4-5,8,16H,3,6-7,9H2,1-2H3,(H,17,18). The van der Waals surface area contributed by atoms with Gasteiger partial charge in [0.05, 0.1) is 5.41 Å². The van der Waals surface area contributed by atoms with E-state index in [-0.39, 0.29) is 11.3 Å². The highest BCUT2D eigenvalue weighted by atomic mass is 35.5. The minimum absolute atomic E-state index is 0.0645. The summed E-state index contributed by atoms with van der Waals surface area (Å²) in [7, 11) is 0. The number of aryl methyl sites for hydroxylation is 1. The maximum atomic E-state index is 12.3. The lowest BCUT2D eigenvalue weighted by molar-refractivity contribution is -0.125. The number of carbonyl (C=O) groups is 1. The average molecular weight is 267 g/mol. The van der Waals surface area contributed by atoms with Gasteiger partial charge in [-0.05, 0) is 50.9 Å². The molecule has 18 heavy (non-hydrogen) atoms. The molecular weight excluding hydrogens is 248 g/mol. The van der Waals surface area contributed by atoms with Gasteiger partial charge < -0.3 is 10.6 Å². The first-order chi connectivity index (χ1) is 8.51. The highest BCUT2D eigenvalue weighted by Gasteiger charge is 2.34. The van der Waals surface area contributed by atoms with Crippen molar-refractivity contribution >= 4 is 23.2 Å². The van der Waals surface area contributed by atoms with E-state index < -0.39 is 0 Å². The van der Waals surface area contributed by atoms with Crippen LogP contribution >= 0.6 is 11.6 Å². The van der Waals surface area contributed by atoms with Crippen molar-refractivity contribution in [2.45, 2.75) is 26.7 Å². The monoisotopic (exact) mass is 266 g/mol. The third-order valence-corrected chi connectivity index (χ3v) is 3.98. The predicted octanol–water partition coefficient (Wildman–Crippen LogP) is 2.98. The summed E-state index contributed by atoms with van der Waals surface area (Å²) in [5.41, 5.74) is 1.46. The van der Waals surface area contributed by atoms with Crippen molar-refractivity contribution in [2.24, 2.45) is 5.41 Å². The van der Waals surface area contributed by atoms with E-state index in [1.165, 1.54) is 0 Å². The molecule has 0 spiro atoms. The van der Waals surface area contributed by atoms with Crippen molar-refractivity contribution in [3.05, 3.63) is 28.8 Å². The van der Waals surface area contributed by atoms with Crippen LogP contribution in [-0.4, -0.2) is 19.0 Å². The molecule has 98 valence electrons. The first-order valence-electron chi connectivity index (χ1n) is 6.30. The minimum atomic E-state index is -0.324. The molecule has 4 heteroatoms. The molecule has 2 rings (SSSR count). The smallest absolute Gasteiger partial charge is 0.231 e. The molecule has 2 N–H and O–H groups in total. The van der Waals surface area contributed by atoms with Crippen molar-refractivity contribution in [3.63, 3.8) is 0 Å². The van der Waals surface area contributed by atoms with Crippen LogP contribution in [0.15, 0.2) is 18.2 Å². The lowest BCUT2D eigenvalue weighted by atomic mass is 9.82. The van der Waals surface area contributed by atoms with E-state index in [0.717, 1.165) is 37.2 Å². The summed E-state index contributed by atoms with van der Waals surface area (Å²) in [6.45, 7) is 5.68. The molecule has 1 aromatic carbocycles. The first-order valence-corrected chi connectivity index (χ1v) is 6.67. The second-order valence-corrected chi connectivity index (χ2v) is 5.67. The van der Waals surface area contributed by atoms with Crippen molar-refractivity contribution in [3.8, 4) is 0 Å². The number of halogens is 1. The predicted molar refractivity (Wildman–Crippen MR) is 75.0 cm³/mol. The third-order valence-electron chi connectivity index (χ3n) is 3.58. The van der Waals surface area contributed by atoms with Gasteiger partial charge in [-0.3, -0.25) is 4.79 Å². The molecule has 3 nitrogen and oxygen atoms in total. The van der Waals surface area contributed by atoms with Gasteiger partial charge >= 0.3 is 0 Å². The molecule has 1 aliphatic heterocycles. The van der Waals surface area contributed by atoms with Crippen molar-refractivity contribution in [1.82, 2.24) is 5.32 Å². The normalized spacial score (nSPS) is 23.7. The molecule has 0 aromatic heterocycles. The van der Waals surface area contributed by atoms with Crippen LogP contribution in [0.3, 0.4) is 0 Å². The summed E-state index contributed by atoms with van der Waals surface area (Å²) >= 11 is 6.05. The molecule has 1 fully saturated rings. The van der Waals surface area contributed by atoms with Gasteiger partial charge in [0.15, 0.2) is 0 Å². The third kappa shape index (κ3) is 2.85. The molecule has 1 unspecified atom stereocenters. The number of anilines is 1. The van der Waals surface area contributed by atoms with Crippen LogP contribution in [0.5, 0.6) is 0 Å². The summed E-state index contributed by atoms with van der Waals surface area (Å²) in [6, 6.07) is 5.60. The molecule has 0 saturated carbocycles. The van der Waals surface area contributed by atoms with Crippen LogP contribution < -0.4 is 10.6 Å². The van der Waals surface area contributed by atoms with Crippen LogP contribution in [0, 0.1) is 12.3 Å². The van der Waals surface area contributed by atoms with E-state index in [4.69, 9.17) is 11.6 Å². The summed E-state index contributed by atoms with van der Waals surface area (Å²) in [5.74, 6) is 0.0645. The summed E-state index contributed by atoms with van der Waals surface area (Å²) in [6.07, 6.45) is 1.96. The zero-order valence-corrected chi connectivity index (χ0v) is 11.6. The van der Waals surface area contributed by atoms with Crippen molar-refractivity contribution in [1.29, 1.82) is 0 Å². The Kier molecular flexibility index (Phi) is 3.93. The Morgan fingerprint density at radius 1 is 1.50 bits per heavy atom. The average Bonchev–Trinajstić information content (AvgIpc) is 2.35. The lowest BCUT2D eigenvalue weighted by Gasteiger charge is -2.32. The van der Waals surface area contributed by atoms with Gasteiger partial charge in [-0.25, -0.2) is 0 Å². The SMILES string of the molecule is Cc1ccc(NC(=O)C2(C)CCCNC2)cc1Cl. The minimum Gasteiger partial charge on any atom is -0.326 e. The number of piperidine rings is 1. The van der Waals surface area contributed by atoms with Gasteiger partial charge in [0.25, 0.3) is 0 Å². The van der Waals surface area contributed by atoms with E-state index >= 15 is 0 Å². The Labute approximate surface area is 113 Å². The molecule has 0 bridgehead atoms.